The number of carbonyl (C=O) groups is 1. The zero-order chi connectivity index (χ0) is 24.5. The molecule has 1 amide bonds. The first-order chi connectivity index (χ1) is 16.1. The van der Waals surface area contributed by atoms with Crippen LogP contribution in [0, 0.1) is 13.8 Å². The summed E-state index contributed by atoms with van der Waals surface area (Å²) in [7, 11) is 0. The number of nitrogens with two attached hydrogens (primary N) is 1. The zero-order valence-electron chi connectivity index (χ0n) is 18.6. The number of pyridine rings is 3. The highest BCUT2D eigenvalue weighted by molar-refractivity contribution is 5.98. The Morgan fingerprint density at radius 1 is 1.00 bits per heavy atom. The van der Waals surface area contributed by atoms with E-state index in [1.165, 1.54) is 11.0 Å². The first-order valence-electron chi connectivity index (χ1n) is 10.5. The number of aryl methyl sites for hydroxylation is 2. The van der Waals surface area contributed by atoms with Gasteiger partial charge in [0.15, 0.2) is 0 Å². The first kappa shape index (κ1) is 23.2. The highest BCUT2D eigenvalue weighted by Crippen LogP contribution is 2.28. The fraction of sp³-hybridized carbons (Fsp3) is 0.200. The van der Waals surface area contributed by atoms with Gasteiger partial charge >= 0.3 is 6.18 Å². The number of nitrogen functional groups attached to an aromatic ring is 1. The van der Waals surface area contributed by atoms with Crippen molar-refractivity contribution in [3.8, 4) is 0 Å². The van der Waals surface area contributed by atoms with Gasteiger partial charge in [-0.3, -0.25) is 14.8 Å². The Bertz CT molecular complexity index is 1350. The van der Waals surface area contributed by atoms with E-state index >= 15 is 0 Å². The minimum atomic E-state index is -4.48. The van der Waals surface area contributed by atoms with Crippen molar-refractivity contribution in [2.24, 2.45) is 0 Å². The number of amides is 1. The highest BCUT2D eigenvalue weighted by Gasteiger charge is 2.30. The Hall–Kier alpha value is -4.01. The number of aromatic nitrogens is 3. The normalized spacial score (nSPS) is 11.6. The third-order valence-electron chi connectivity index (χ3n) is 5.54. The lowest BCUT2D eigenvalue weighted by Crippen LogP contribution is -2.31. The van der Waals surface area contributed by atoms with Crippen LogP contribution in [-0.2, 0) is 19.3 Å². The van der Waals surface area contributed by atoms with Crippen LogP contribution in [0.5, 0.6) is 0 Å². The maximum absolute atomic E-state index is 13.5. The van der Waals surface area contributed by atoms with Crippen LogP contribution in [0.4, 0.5) is 19.0 Å². The van der Waals surface area contributed by atoms with E-state index in [4.69, 9.17) is 5.73 Å². The van der Waals surface area contributed by atoms with Crippen LogP contribution in [0.2, 0.25) is 0 Å². The van der Waals surface area contributed by atoms with E-state index in [0.717, 1.165) is 28.8 Å². The average molecular weight is 465 g/mol. The van der Waals surface area contributed by atoms with Crippen molar-refractivity contribution in [3.05, 3.63) is 94.6 Å². The van der Waals surface area contributed by atoms with E-state index in [1.54, 1.807) is 30.5 Å². The van der Waals surface area contributed by atoms with Gasteiger partial charge < -0.3 is 10.6 Å². The number of alkyl halides is 3. The molecule has 0 saturated heterocycles. The summed E-state index contributed by atoms with van der Waals surface area (Å²) in [6.07, 6.45) is -2.07. The van der Waals surface area contributed by atoms with Gasteiger partial charge in [0.1, 0.15) is 5.82 Å². The molecular weight excluding hydrogens is 443 g/mol. The molecule has 1 aromatic carbocycles. The van der Waals surface area contributed by atoms with Gasteiger partial charge in [-0.15, -0.1) is 0 Å². The Kier molecular flexibility index (Phi) is 6.19. The molecule has 4 rings (SSSR count). The molecule has 0 fully saturated rings. The smallest absolute Gasteiger partial charge is 0.383 e. The van der Waals surface area contributed by atoms with Gasteiger partial charge in [-0.05, 0) is 67.4 Å². The van der Waals surface area contributed by atoms with E-state index in [-0.39, 0.29) is 19.0 Å². The summed E-state index contributed by atoms with van der Waals surface area (Å²) in [5.41, 5.74) is 8.84. The number of fused-ring (bicyclic) bond motifs is 1. The van der Waals surface area contributed by atoms with Gasteiger partial charge in [-0.1, -0.05) is 6.07 Å². The fourth-order valence-electron chi connectivity index (χ4n) is 3.56. The van der Waals surface area contributed by atoms with Crippen LogP contribution in [0.25, 0.3) is 10.9 Å². The second-order valence-electron chi connectivity index (χ2n) is 8.06. The van der Waals surface area contributed by atoms with Crippen LogP contribution < -0.4 is 5.73 Å². The quantitative estimate of drug-likeness (QED) is 0.444. The molecule has 0 spiro atoms. The highest BCUT2D eigenvalue weighted by atomic mass is 19.4. The summed E-state index contributed by atoms with van der Waals surface area (Å²) >= 11 is 0. The number of benzene rings is 1. The molecule has 3 heterocycles. The van der Waals surface area contributed by atoms with Crippen molar-refractivity contribution in [3.63, 3.8) is 0 Å². The molecule has 6 nitrogen and oxygen atoms in total. The third-order valence-corrected chi connectivity index (χ3v) is 5.54. The summed E-state index contributed by atoms with van der Waals surface area (Å²) in [5, 5.41) is 0.763. The summed E-state index contributed by atoms with van der Waals surface area (Å²) in [5.74, 6) is 0.121. The number of rotatable bonds is 5. The molecule has 0 radical (unpaired) electrons. The molecule has 0 unspecified atom stereocenters. The first-order valence-corrected chi connectivity index (χ1v) is 10.5. The average Bonchev–Trinajstić information content (AvgIpc) is 2.80. The minimum Gasteiger partial charge on any atom is -0.383 e. The van der Waals surface area contributed by atoms with Gasteiger partial charge in [0.25, 0.3) is 5.91 Å². The monoisotopic (exact) mass is 465 g/mol. The number of hydrogen-bond acceptors (Lipinski definition) is 5. The standard InChI is InChI=1S/C25H22F3N5O/c1-15-4-3-9-30-22(15)14-33(13-20-7-6-19(12-31-20)25(26,27)28)24(34)17-5-8-21-18(11-17)10-16(2)23(29)32-21/h3-12H,13-14H2,1-2H3,(H2,29,32). The molecule has 0 saturated carbocycles. The largest absolute Gasteiger partial charge is 0.417 e. The van der Waals surface area contributed by atoms with Gasteiger partial charge in [0.2, 0.25) is 0 Å². The summed E-state index contributed by atoms with van der Waals surface area (Å²) in [6, 6.07) is 12.9. The predicted octanol–water partition coefficient (Wildman–Crippen LogP) is 5.09. The van der Waals surface area contributed by atoms with Crippen LogP contribution in [0.3, 0.4) is 0 Å². The molecule has 0 aliphatic heterocycles. The van der Waals surface area contributed by atoms with Crippen LogP contribution in [0.1, 0.15) is 38.4 Å². The molecule has 0 atom stereocenters. The number of nitrogens with zero attached hydrogens (tertiary/aromatic N) is 4. The molecule has 0 aliphatic rings. The molecule has 174 valence electrons. The Morgan fingerprint density at radius 2 is 1.79 bits per heavy atom. The van der Waals surface area contributed by atoms with E-state index in [2.05, 4.69) is 15.0 Å². The maximum atomic E-state index is 13.5. The number of carbonyl (C=O) groups excluding carboxylic acids is 1. The Morgan fingerprint density at radius 3 is 2.47 bits per heavy atom. The van der Waals surface area contributed by atoms with Gasteiger partial charge in [-0.25, -0.2) is 4.98 Å². The van der Waals surface area contributed by atoms with Crippen molar-refractivity contribution in [2.45, 2.75) is 33.1 Å². The Labute approximate surface area is 194 Å². The predicted molar refractivity (Wildman–Crippen MR) is 123 cm³/mol. The summed E-state index contributed by atoms with van der Waals surface area (Å²) in [4.78, 5) is 27.7. The SMILES string of the molecule is Cc1cc2cc(C(=O)N(Cc3ccc(C(F)(F)F)cn3)Cc3ncccc3C)ccc2nc1N. The lowest BCUT2D eigenvalue weighted by Gasteiger charge is -2.23. The number of anilines is 1. The van der Waals surface area contributed by atoms with Crippen molar-refractivity contribution < 1.29 is 18.0 Å². The van der Waals surface area contributed by atoms with E-state index in [1.807, 2.05) is 26.0 Å². The van der Waals surface area contributed by atoms with E-state index in [0.29, 0.717) is 28.3 Å². The van der Waals surface area contributed by atoms with Gasteiger partial charge in [0.05, 0.1) is 35.6 Å². The minimum absolute atomic E-state index is 0.0179. The molecular formula is C25H22F3N5O. The third kappa shape index (κ3) is 4.98. The number of hydrogen-bond donors (Lipinski definition) is 1. The molecule has 3 aromatic heterocycles. The van der Waals surface area contributed by atoms with Crippen molar-refractivity contribution >= 4 is 22.6 Å². The van der Waals surface area contributed by atoms with Crippen molar-refractivity contribution in [2.75, 3.05) is 5.73 Å². The van der Waals surface area contributed by atoms with E-state index in [9.17, 15) is 18.0 Å². The molecule has 4 aromatic rings. The van der Waals surface area contributed by atoms with Gasteiger partial charge in [0, 0.05) is 23.3 Å². The molecule has 0 bridgehead atoms. The molecule has 2 N–H and O–H groups in total. The fourth-order valence-corrected chi connectivity index (χ4v) is 3.56. The van der Waals surface area contributed by atoms with Gasteiger partial charge in [-0.2, -0.15) is 13.2 Å². The summed E-state index contributed by atoms with van der Waals surface area (Å²) < 4.78 is 38.8. The molecule has 34 heavy (non-hydrogen) atoms. The van der Waals surface area contributed by atoms with Crippen molar-refractivity contribution in [1.82, 2.24) is 19.9 Å². The molecule has 9 heteroatoms. The van der Waals surface area contributed by atoms with Crippen molar-refractivity contribution in [1.29, 1.82) is 0 Å². The summed E-state index contributed by atoms with van der Waals surface area (Å²) in [6.45, 7) is 3.91. The lowest BCUT2D eigenvalue weighted by atomic mass is 10.1. The number of halogens is 3. The zero-order valence-corrected chi connectivity index (χ0v) is 18.6. The molecule has 0 aliphatic carbocycles. The topological polar surface area (TPSA) is 85.0 Å². The second-order valence-corrected chi connectivity index (χ2v) is 8.06. The van der Waals surface area contributed by atoms with E-state index < -0.39 is 11.7 Å². The Balaban J connectivity index is 1.68. The van der Waals surface area contributed by atoms with Crippen LogP contribution in [-0.4, -0.2) is 25.8 Å². The van der Waals surface area contributed by atoms with Crippen LogP contribution in [0.15, 0.2) is 60.9 Å². The van der Waals surface area contributed by atoms with Crippen LogP contribution >= 0.6 is 0 Å². The lowest BCUT2D eigenvalue weighted by molar-refractivity contribution is -0.137. The second kappa shape index (κ2) is 9.09. The maximum Gasteiger partial charge on any atom is 0.417 e.